The van der Waals surface area contributed by atoms with Crippen molar-refractivity contribution in [3.63, 3.8) is 0 Å². The third-order valence-electron chi connectivity index (χ3n) is 5.43. The molecule has 1 aromatic heterocycles. The summed E-state index contributed by atoms with van der Waals surface area (Å²) in [6.45, 7) is 5.23. The Morgan fingerprint density at radius 3 is 2.50 bits per heavy atom. The van der Waals surface area contributed by atoms with Crippen LogP contribution in [-0.4, -0.2) is 40.7 Å². The van der Waals surface area contributed by atoms with Crippen LogP contribution in [-0.2, 0) is 22.6 Å². The molecule has 150 valence electrons. The van der Waals surface area contributed by atoms with Gasteiger partial charge in [0.1, 0.15) is 12.3 Å². The molecule has 0 bridgehead atoms. The lowest BCUT2D eigenvalue weighted by molar-refractivity contribution is -0.143. The van der Waals surface area contributed by atoms with E-state index in [1.807, 2.05) is 37.3 Å². The predicted octanol–water partition coefficient (Wildman–Crippen LogP) is 3.89. The van der Waals surface area contributed by atoms with Crippen LogP contribution in [0.5, 0.6) is 0 Å². The van der Waals surface area contributed by atoms with Crippen LogP contribution < -0.4 is 0 Å². The molecule has 0 unspecified atom stereocenters. The van der Waals surface area contributed by atoms with E-state index in [1.54, 1.807) is 16.1 Å². The number of nitrogens with zero attached hydrogens (tertiary/aromatic N) is 2. The predicted molar refractivity (Wildman–Crippen MR) is 108 cm³/mol. The van der Waals surface area contributed by atoms with Gasteiger partial charge in [-0.25, -0.2) is 0 Å². The average Bonchev–Trinajstić information content (AvgIpc) is 3.45. The standard InChI is InChI=1S/C23H30N2O3/c1-3-18(2)25(23(27)20-11-12-20)17-22(26)24(16-21-10-7-15-28-21)14-13-19-8-5-4-6-9-19/h4-10,15,18,20H,3,11-14,16-17H2,1-2H3/t18-/m0/s1. The van der Waals surface area contributed by atoms with Crippen LogP contribution >= 0.6 is 0 Å². The van der Waals surface area contributed by atoms with Gasteiger partial charge in [-0.3, -0.25) is 9.59 Å². The van der Waals surface area contributed by atoms with Gasteiger partial charge in [-0.1, -0.05) is 37.3 Å². The first kappa shape index (κ1) is 20.2. The smallest absolute Gasteiger partial charge is 0.242 e. The van der Waals surface area contributed by atoms with Crippen LogP contribution in [0.1, 0.15) is 44.4 Å². The fraction of sp³-hybridized carbons (Fsp3) is 0.478. The van der Waals surface area contributed by atoms with Crippen molar-refractivity contribution < 1.29 is 14.0 Å². The van der Waals surface area contributed by atoms with Crippen molar-refractivity contribution in [3.8, 4) is 0 Å². The van der Waals surface area contributed by atoms with E-state index in [-0.39, 0.29) is 30.3 Å². The Kier molecular flexibility index (Phi) is 6.90. The van der Waals surface area contributed by atoms with Gasteiger partial charge in [-0.15, -0.1) is 0 Å². The Labute approximate surface area is 167 Å². The highest BCUT2D eigenvalue weighted by Gasteiger charge is 2.36. The van der Waals surface area contributed by atoms with Gasteiger partial charge in [0.2, 0.25) is 11.8 Å². The van der Waals surface area contributed by atoms with E-state index in [2.05, 4.69) is 19.1 Å². The summed E-state index contributed by atoms with van der Waals surface area (Å²) >= 11 is 0. The molecule has 1 fully saturated rings. The van der Waals surface area contributed by atoms with E-state index in [1.165, 1.54) is 5.56 Å². The van der Waals surface area contributed by atoms with Gasteiger partial charge < -0.3 is 14.2 Å². The summed E-state index contributed by atoms with van der Waals surface area (Å²) in [5.74, 6) is 0.972. The number of hydrogen-bond donors (Lipinski definition) is 0. The molecule has 1 heterocycles. The van der Waals surface area contributed by atoms with E-state index in [0.717, 1.165) is 31.4 Å². The van der Waals surface area contributed by atoms with E-state index < -0.39 is 0 Å². The molecule has 5 heteroatoms. The van der Waals surface area contributed by atoms with Gasteiger partial charge in [0, 0.05) is 18.5 Å². The number of rotatable bonds is 10. The molecule has 3 rings (SSSR count). The maximum absolute atomic E-state index is 13.2. The van der Waals surface area contributed by atoms with Gasteiger partial charge in [0.15, 0.2) is 0 Å². The highest BCUT2D eigenvalue weighted by Crippen LogP contribution is 2.32. The topological polar surface area (TPSA) is 53.8 Å². The summed E-state index contributed by atoms with van der Waals surface area (Å²) < 4.78 is 5.46. The first-order chi connectivity index (χ1) is 13.6. The lowest BCUT2D eigenvalue weighted by Gasteiger charge is -2.31. The molecule has 0 aliphatic heterocycles. The molecule has 0 radical (unpaired) electrons. The first-order valence-electron chi connectivity index (χ1n) is 10.2. The summed E-state index contributed by atoms with van der Waals surface area (Å²) in [5, 5.41) is 0. The number of benzene rings is 1. The van der Waals surface area contributed by atoms with Gasteiger partial charge >= 0.3 is 0 Å². The van der Waals surface area contributed by atoms with Gasteiger partial charge in [0.05, 0.1) is 12.8 Å². The molecule has 0 saturated heterocycles. The van der Waals surface area contributed by atoms with Crippen molar-refractivity contribution >= 4 is 11.8 Å². The van der Waals surface area contributed by atoms with Gasteiger partial charge in [0.25, 0.3) is 0 Å². The first-order valence-corrected chi connectivity index (χ1v) is 10.2. The molecule has 1 atom stereocenters. The third-order valence-corrected chi connectivity index (χ3v) is 5.43. The van der Waals surface area contributed by atoms with Crippen LogP contribution in [0.15, 0.2) is 53.1 Å². The van der Waals surface area contributed by atoms with Crippen LogP contribution in [0.4, 0.5) is 0 Å². The molecule has 1 aromatic carbocycles. The molecule has 0 spiro atoms. The highest BCUT2D eigenvalue weighted by molar-refractivity contribution is 5.87. The number of amides is 2. The summed E-state index contributed by atoms with van der Waals surface area (Å²) in [7, 11) is 0. The molecule has 1 aliphatic carbocycles. The van der Waals surface area contributed by atoms with Crippen LogP contribution in [0.3, 0.4) is 0 Å². The molecule has 28 heavy (non-hydrogen) atoms. The highest BCUT2D eigenvalue weighted by atomic mass is 16.3. The van der Waals surface area contributed by atoms with Crippen molar-refractivity contribution in [1.82, 2.24) is 9.80 Å². The molecule has 0 N–H and O–H groups in total. The second kappa shape index (κ2) is 9.58. The normalized spacial score (nSPS) is 14.5. The van der Waals surface area contributed by atoms with Crippen LogP contribution in [0.2, 0.25) is 0 Å². The van der Waals surface area contributed by atoms with Crippen LogP contribution in [0.25, 0.3) is 0 Å². The SMILES string of the molecule is CC[C@H](C)N(CC(=O)N(CCc1ccccc1)Cc1ccco1)C(=O)C1CC1. The average molecular weight is 383 g/mol. The largest absolute Gasteiger partial charge is 0.467 e. The molecular formula is C23H30N2O3. The minimum absolute atomic E-state index is 0.0263. The summed E-state index contributed by atoms with van der Waals surface area (Å²) in [4.78, 5) is 29.4. The fourth-order valence-corrected chi connectivity index (χ4v) is 3.27. The Bertz CT molecular complexity index is 753. The Morgan fingerprint density at radius 2 is 1.89 bits per heavy atom. The maximum atomic E-state index is 13.2. The Morgan fingerprint density at radius 1 is 1.14 bits per heavy atom. The van der Waals surface area contributed by atoms with E-state index >= 15 is 0 Å². The summed E-state index contributed by atoms with van der Waals surface area (Å²) in [6.07, 6.45) is 5.13. The molecule has 1 aliphatic rings. The van der Waals surface area contributed by atoms with Crippen LogP contribution in [0, 0.1) is 5.92 Å². The van der Waals surface area contributed by atoms with Crippen molar-refractivity contribution in [3.05, 3.63) is 60.1 Å². The Hall–Kier alpha value is -2.56. The van der Waals surface area contributed by atoms with Crippen molar-refractivity contribution in [2.24, 2.45) is 5.92 Å². The number of furan rings is 1. The summed E-state index contributed by atoms with van der Waals surface area (Å²) in [6, 6.07) is 13.9. The second-order valence-electron chi connectivity index (χ2n) is 7.63. The molecule has 2 amide bonds. The van der Waals surface area contributed by atoms with E-state index in [4.69, 9.17) is 4.42 Å². The lowest BCUT2D eigenvalue weighted by atomic mass is 10.1. The second-order valence-corrected chi connectivity index (χ2v) is 7.63. The minimum Gasteiger partial charge on any atom is -0.467 e. The van der Waals surface area contributed by atoms with E-state index in [0.29, 0.717) is 13.1 Å². The molecule has 5 nitrogen and oxygen atoms in total. The Balaban J connectivity index is 1.69. The number of carbonyl (C=O) groups excluding carboxylic acids is 2. The number of carbonyl (C=O) groups is 2. The quantitative estimate of drug-likeness (QED) is 0.626. The van der Waals surface area contributed by atoms with Gasteiger partial charge in [-0.05, 0) is 50.3 Å². The molecule has 2 aromatic rings. The zero-order valence-corrected chi connectivity index (χ0v) is 16.8. The molecule has 1 saturated carbocycles. The monoisotopic (exact) mass is 382 g/mol. The van der Waals surface area contributed by atoms with Gasteiger partial charge in [-0.2, -0.15) is 0 Å². The maximum Gasteiger partial charge on any atom is 0.242 e. The lowest BCUT2D eigenvalue weighted by Crippen LogP contribution is -2.47. The summed E-state index contributed by atoms with van der Waals surface area (Å²) in [5.41, 5.74) is 1.19. The number of hydrogen-bond acceptors (Lipinski definition) is 3. The fourth-order valence-electron chi connectivity index (χ4n) is 3.27. The minimum atomic E-state index is -0.0263. The molecular weight excluding hydrogens is 352 g/mol. The van der Waals surface area contributed by atoms with Crippen molar-refractivity contribution in [1.29, 1.82) is 0 Å². The van der Waals surface area contributed by atoms with Crippen molar-refractivity contribution in [2.75, 3.05) is 13.1 Å². The third kappa shape index (κ3) is 5.47. The van der Waals surface area contributed by atoms with E-state index in [9.17, 15) is 9.59 Å². The zero-order valence-electron chi connectivity index (χ0n) is 16.8. The zero-order chi connectivity index (χ0) is 19.9. The van der Waals surface area contributed by atoms with Crippen molar-refractivity contribution in [2.45, 2.75) is 52.1 Å².